The van der Waals surface area contributed by atoms with Gasteiger partial charge in [-0.15, -0.1) is 0 Å². The first kappa shape index (κ1) is 23.7. The summed E-state index contributed by atoms with van der Waals surface area (Å²) < 4.78 is 33.0. The number of amides is 1. The van der Waals surface area contributed by atoms with E-state index < -0.39 is 10.0 Å². The minimum Gasteiger partial charge on any atom is -0.496 e. The predicted molar refractivity (Wildman–Crippen MR) is 128 cm³/mol. The molecule has 2 saturated heterocycles. The molecule has 2 heterocycles. The fraction of sp³-hybridized carbons (Fsp3) is 0.480. The van der Waals surface area contributed by atoms with E-state index in [2.05, 4.69) is 22.3 Å². The number of sulfonamides is 1. The van der Waals surface area contributed by atoms with Crippen LogP contribution < -0.4 is 10.1 Å². The number of nitrogens with zero attached hydrogens (tertiary/aromatic N) is 2. The van der Waals surface area contributed by atoms with Crippen molar-refractivity contribution in [1.82, 2.24) is 14.5 Å². The zero-order valence-electron chi connectivity index (χ0n) is 19.3. The molecule has 33 heavy (non-hydrogen) atoms. The highest BCUT2D eigenvalue weighted by molar-refractivity contribution is 7.89. The molecule has 0 spiro atoms. The first-order valence-corrected chi connectivity index (χ1v) is 13.2. The van der Waals surface area contributed by atoms with Crippen LogP contribution >= 0.6 is 0 Å². The van der Waals surface area contributed by atoms with Crippen LogP contribution in [-0.2, 0) is 23.1 Å². The fourth-order valence-corrected chi connectivity index (χ4v) is 6.14. The number of nitrogens with one attached hydrogen (secondary N) is 1. The van der Waals surface area contributed by atoms with Gasteiger partial charge in [0.1, 0.15) is 5.75 Å². The number of rotatable bonds is 8. The van der Waals surface area contributed by atoms with Gasteiger partial charge in [-0.25, -0.2) is 8.42 Å². The first-order valence-electron chi connectivity index (χ1n) is 11.7. The maximum absolute atomic E-state index is 13.1. The van der Waals surface area contributed by atoms with Crippen molar-refractivity contribution in [2.45, 2.75) is 50.1 Å². The Kier molecular flexibility index (Phi) is 7.67. The third-order valence-electron chi connectivity index (χ3n) is 6.42. The third kappa shape index (κ3) is 5.75. The molecule has 178 valence electrons. The zero-order valence-corrected chi connectivity index (χ0v) is 20.1. The summed E-state index contributed by atoms with van der Waals surface area (Å²) in [5.74, 6) is 0.000341. The topological polar surface area (TPSA) is 79.0 Å². The Hall–Kier alpha value is -2.42. The molecule has 0 aliphatic carbocycles. The normalized spacial score (nSPS) is 17.7. The molecule has 1 N–H and O–H groups in total. The highest BCUT2D eigenvalue weighted by Gasteiger charge is 2.27. The molecule has 0 atom stereocenters. The summed E-state index contributed by atoms with van der Waals surface area (Å²) in [6.45, 7) is 4.59. The summed E-state index contributed by atoms with van der Waals surface area (Å²) in [4.78, 5) is 15.6. The number of methoxy groups -OCH3 is 1. The molecular weight excluding hydrogens is 438 g/mol. The average molecular weight is 472 g/mol. The van der Waals surface area contributed by atoms with E-state index in [0.717, 1.165) is 44.5 Å². The largest absolute Gasteiger partial charge is 0.496 e. The summed E-state index contributed by atoms with van der Waals surface area (Å²) in [6, 6.07) is 12.7. The van der Waals surface area contributed by atoms with E-state index in [0.29, 0.717) is 25.4 Å². The van der Waals surface area contributed by atoms with Crippen LogP contribution in [0, 0.1) is 0 Å². The summed E-state index contributed by atoms with van der Waals surface area (Å²) >= 11 is 0. The Morgan fingerprint density at radius 3 is 2.36 bits per heavy atom. The second kappa shape index (κ2) is 10.7. The second-order valence-corrected chi connectivity index (χ2v) is 10.8. The van der Waals surface area contributed by atoms with Crippen LogP contribution in [0.25, 0.3) is 0 Å². The van der Waals surface area contributed by atoms with Crippen LogP contribution in [-0.4, -0.2) is 56.8 Å². The van der Waals surface area contributed by atoms with Crippen LogP contribution in [0.1, 0.15) is 53.6 Å². The van der Waals surface area contributed by atoms with Gasteiger partial charge < -0.3 is 10.1 Å². The van der Waals surface area contributed by atoms with Crippen LogP contribution in [0.5, 0.6) is 5.75 Å². The number of carbonyl (C=O) groups is 1. The van der Waals surface area contributed by atoms with Gasteiger partial charge in [0, 0.05) is 26.2 Å². The first-order chi connectivity index (χ1) is 16.0. The van der Waals surface area contributed by atoms with Gasteiger partial charge >= 0.3 is 0 Å². The lowest BCUT2D eigenvalue weighted by Gasteiger charge is -2.26. The molecule has 8 heteroatoms. The van der Waals surface area contributed by atoms with Crippen LogP contribution in [0.3, 0.4) is 0 Å². The molecule has 2 aliphatic rings. The van der Waals surface area contributed by atoms with Crippen molar-refractivity contribution in [3.05, 3.63) is 59.2 Å². The molecular formula is C25H33N3O4S. The monoisotopic (exact) mass is 471 g/mol. The Morgan fingerprint density at radius 2 is 1.64 bits per heavy atom. The van der Waals surface area contributed by atoms with E-state index in [1.54, 1.807) is 6.07 Å². The van der Waals surface area contributed by atoms with Gasteiger partial charge in [-0.3, -0.25) is 9.69 Å². The van der Waals surface area contributed by atoms with Crippen molar-refractivity contribution in [3.8, 4) is 5.75 Å². The van der Waals surface area contributed by atoms with Crippen molar-refractivity contribution in [3.63, 3.8) is 0 Å². The number of hydrogen-bond donors (Lipinski definition) is 1. The minimum absolute atomic E-state index is 0.128. The van der Waals surface area contributed by atoms with Crippen molar-refractivity contribution >= 4 is 15.9 Å². The molecule has 0 unspecified atom stereocenters. The lowest BCUT2D eigenvalue weighted by molar-refractivity contribution is 0.0947. The molecule has 2 aliphatic heterocycles. The van der Waals surface area contributed by atoms with Crippen LogP contribution in [0.4, 0.5) is 0 Å². The number of ether oxygens (including phenoxy) is 1. The predicted octanol–water partition coefficient (Wildman–Crippen LogP) is 3.40. The van der Waals surface area contributed by atoms with E-state index in [-0.39, 0.29) is 16.4 Å². The van der Waals surface area contributed by atoms with Gasteiger partial charge in [-0.05, 0) is 68.1 Å². The molecule has 2 aromatic carbocycles. The maximum Gasteiger partial charge on any atom is 0.255 e. The zero-order chi connectivity index (χ0) is 23.3. The SMILES string of the molecule is COc1ccc(S(=O)(=O)N2CCCCC2)cc1C(=O)NCc1cccc(CN2CCCC2)c1. The lowest BCUT2D eigenvalue weighted by Crippen LogP contribution is -2.35. The van der Waals surface area contributed by atoms with Gasteiger partial charge in [-0.1, -0.05) is 30.7 Å². The average Bonchev–Trinajstić information content (AvgIpc) is 3.36. The smallest absolute Gasteiger partial charge is 0.255 e. The van der Waals surface area contributed by atoms with Crippen LogP contribution in [0.15, 0.2) is 47.4 Å². The van der Waals surface area contributed by atoms with Crippen LogP contribution in [0.2, 0.25) is 0 Å². The molecule has 0 bridgehead atoms. The Morgan fingerprint density at radius 1 is 0.939 bits per heavy atom. The summed E-state index contributed by atoms with van der Waals surface area (Å²) in [5, 5.41) is 2.93. The number of carbonyl (C=O) groups excluding carboxylic acids is 1. The quantitative estimate of drug-likeness (QED) is 0.639. The molecule has 0 aromatic heterocycles. The van der Waals surface area contributed by atoms with Crippen molar-refractivity contribution in [2.24, 2.45) is 0 Å². The minimum atomic E-state index is -3.63. The molecule has 2 fully saturated rings. The maximum atomic E-state index is 13.1. The fourth-order valence-electron chi connectivity index (χ4n) is 4.59. The lowest BCUT2D eigenvalue weighted by atomic mass is 10.1. The van der Waals surface area contributed by atoms with Gasteiger partial charge in [0.2, 0.25) is 10.0 Å². The number of likely N-dealkylation sites (tertiary alicyclic amines) is 1. The molecule has 7 nitrogen and oxygen atoms in total. The van der Waals surface area contributed by atoms with Gasteiger partial charge in [-0.2, -0.15) is 4.31 Å². The summed E-state index contributed by atoms with van der Waals surface area (Å²) in [7, 11) is -2.16. The molecule has 0 radical (unpaired) electrons. The third-order valence-corrected chi connectivity index (χ3v) is 8.31. The Bertz CT molecular complexity index is 1070. The van der Waals surface area contributed by atoms with Crippen molar-refractivity contribution in [2.75, 3.05) is 33.3 Å². The molecule has 0 saturated carbocycles. The van der Waals surface area contributed by atoms with Gasteiger partial charge in [0.25, 0.3) is 5.91 Å². The number of benzene rings is 2. The summed E-state index contributed by atoms with van der Waals surface area (Å²) in [5.41, 5.74) is 2.47. The highest BCUT2D eigenvalue weighted by atomic mass is 32.2. The van der Waals surface area contributed by atoms with E-state index in [1.165, 1.54) is 42.0 Å². The van der Waals surface area contributed by atoms with E-state index in [4.69, 9.17) is 4.74 Å². The van der Waals surface area contributed by atoms with Gasteiger partial charge in [0.05, 0.1) is 17.6 Å². The van der Waals surface area contributed by atoms with Crippen molar-refractivity contribution < 1.29 is 17.9 Å². The van der Waals surface area contributed by atoms with Crippen molar-refractivity contribution in [1.29, 1.82) is 0 Å². The van der Waals surface area contributed by atoms with E-state index >= 15 is 0 Å². The number of piperidine rings is 1. The van der Waals surface area contributed by atoms with E-state index in [1.807, 2.05) is 12.1 Å². The summed E-state index contributed by atoms with van der Waals surface area (Å²) in [6.07, 6.45) is 5.27. The number of hydrogen-bond acceptors (Lipinski definition) is 5. The second-order valence-electron chi connectivity index (χ2n) is 8.81. The Labute approximate surface area is 196 Å². The molecule has 1 amide bonds. The highest BCUT2D eigenvalue weighted by Crippen LogP contribution is 2.26. The molecule has 2 aromatic rings. The Balaban J connectivity index is 1.47. The molecule has 4 rings (SSSR count). The van der Waals surface area contributed by atoms with Gasteiger partial charge in [0.15, 0.2) is 0 Å². The standard InChI is InChI=1S/C25H33N3O4S/c1-32-24-11-10-22(33(30,31)28-14-3-2-4-15-28)17-23(24)25(29)26-18-20-8-7-9-21(16-20)19-27-12-5-6-13-27/h7-11,16-17H,2-6,12-15,18-19H2,1H3,(H,26,29). The van der Waals surface area contributed by atoms with E-state index in [9.17, 15) is 13.2 Å².